The molecule has 0 saturated carbocycles. The predicted octanol–water partition coefficient (Wildman–Crippen LogP) is 1.82. The summed E-state index contributed by atoms with van der Waals surface area (Å²) in [5.41, 5.74) is 0. The molecule has 0 aliphatic carbocycles. The van der Waals surface area contributed by atoms with Gasteiger partial charge in [0.1, 0.15) is 0 Å². The third kappa shape index (κ3) is 7.10. The van der Waals surface area contributed by atoms with E-state index < -0.39 is 0 Å². The van der Waals surface area contributed by atoms with E-state index in [9.17, 15) is 4.79 Å². The van der Waals surface area contributed by atoms with Crippen molar-refractivity contribution >= 4 is 6.41 Å². The summed E-state index contributed by atoms with van der Waals surface area (Å²) in [6.45, 7) is 4.52. The number of unbranched alkanes of at least 4 members (excludes halogenated alkanes) is 3. The van der Waals surface area contributed by atoms with Crippen molar-refractivity contribution in [3.8, 4) is 0 Å². The second-order valence-electron chi connectivity index (χ2n) is 2.72. The molecule has 0 aliphatic rings. The highest BCUT2D eigenvalue weighted by atomic mass is 16.1. The van der Waals surface area contributed by atoms with Crippen LogP contribution >= 0.6 is 0 Å². The van der Waals surface area contributed by atoms with Crippen molar-refractivity contribution in [1.29, 1.82) is 0 Å². The first kappa shape index (κ1) is 10.2. The Morgan fingerprint density at radius 1 is 1.36 bits per heavy atom. The Hall–Kier alpha value is -0.790. The zero-order valence-electron chi connectivity index (χ0n) is 7.25. The molecule has 0 radical (unpaired) electrons. The Bertz CT molecular complexity index is 112. The van der Waals surface area contributed by atoms with Crippen molar-refractivity contribution in [1.82, 2.24) is 4.90 Å². The monoisotopic (exact) mass is 155 g/mol. The van der Waals surface area contributed by atoms with E-state index in [1.165, 1.54) is 12.8 Å². The average molecular weight is 155 g/mol. The SMILES string of the molecule is C=CCCCCCN(C)C=O. The minimum atomic E-state index is 0.869. The molecule has 0 aromatic rings. The molecule has 64 valence electrons. The quantitative estimate of drug-likeness (QED) is 0.312. The van der Waals surface area contributed by atoms with E-state index in [4.69, 9.17) is 0 Å². The number of amides is 1. The maximum Gasteiger partial charge on any atom is 0.209 e. The van der Waals surface area contributed by atoms with Gasteiger partial charge in [0.25, 0.3) is 0 Å². The van der Waals surface area contributed by atoms with Crippen molar-refractivity contribution in [3.63, 3.8) is 0 Å². The molecule has 0 aromatic heterocycles. The highest BCUT2D eigenvalue weighted by Crippen LogP contribution is 2.00. The molecule has 1 amide bonds. The Kier molecular flexibility index (Phi) is 6.79. The molecule has 0 N–H and O–H groups in total. The number of carbonyl (C=O) groups is 1. The zero-order valence-corrected chi connectivity index (χ0v) is 7.25. The summed E-state index contributed by atoms with van der Waals surface area (Å²) < 4.78 is 0. The molecular formula is C9H17NO. The van der Waals surface area contributed by atoms with Crippen LogP contribution in [0.2, 0.25) is 0 Å². The van der Waals surface area contributed by atoms with E-state index in [-0.39, 0.29) is 0 Å². The van der Waals surface area contributed by atoms with E-state index in [2.05, 4.69) is 6.58 Å². The van der Waals surface area contributed by atoms with Crippen LogP contribution in [0.4, 0.5) is 0 Å². The van der Waals surface area contributed by atoms with Crippen LogP contribution in [0.5, 0.6) is 0 Å². The molecule has 0 fully saturated rings. The van der Waals surface area contributed by atoms with E-state index in [0.717, 1.165) is 25.8 Å². The number of nitrogens with zero attached hydrogens (tertiary/aromatic N) is 1. The fourth-order valence-corrected chi connectivity index (χ4v) is 0.879. The molecule has 0 spiro atoms. The Morgan fingerprint density at radius 2 is 2.09 bits per heavy atom. The smallest absolute Gasteiger partial charge is 0.209 e. The zero-order chi connectivity index (χ0) is 8.53. The normalized spacial score (nSPS) is 9.18. The molecule has 11 heavy (non-hydrogen) atoms. The van der Waals surface area contributed by atoms with Crippen molar-refractivity contribution in [2.24, 2.45) is 0 Å². The number of carbonyl (C=O) groups excluding carboxylic acids is 1. The third-order valence-electron chi connectivity index (χ3n) is 1.60. The standard InChI is InChI=1S/C9H17NO/c1-3-4-5-6-7-8-10(2)9-11/h3,9H,1,4-8H2,2H3. The lowest BCUT2D eigenvalue weighted by atomic mass is 10.2. The molecule has 0 aliphatic heterocycles. The number of allylic oxidation sites excluding steroid dienone is 1. The summed E-state index contributed by atoms with van der Waals surface area (Å²) in [6, 6.07) is 0. The Morgan fingerprint density at radius 3 is 2.64 bits per heavy atom. The van der Waals surface area contributed by atoms with Crippen LogP contribution in [0.1, 0.15) is 25.7 Å². The van der Waals surface area contributed by atoms with Crippen LogP contribution < -0.4 is 0 Å². The molecule has 0 aromatic carbocycles. The van der Waals surface area contributed by atoms with Crippen LogP contribution in [0.3, 0.4) is 0 Å². The second-order valence-corrected chi connectivity index (χ2v) is 2.72. The molecule has 2 nitrogen and oxygen atoms in total. The molecule has 2 heteroatoms. The summed E-state index contributed by atoms with van der Waals surface area (Å²) in [5, 5.41) is 0. The van der Waals surface area contributed by atoms with E-state index in [1.807, 2.05) is 6.08 Å². The molecule has 0 unspecified atom stereocenters. The maximum absolute atomic E-state index is 10.1. The summed E-state index contributed by atoms with van der Waals surface area (Å²) >= 11 is 0. The van der Waals surface area contributed by atoms with Gasteiger partial charge in [-0.1, -0.05) is 12.5 Å². The lowest BCUT2D eigenvalue weighted by Gasteiger charge is -2.08. The van der Waals surface area contributed by atoms with Gasteiger partial charge in [-0.05, 0) is 19.3 Å². The van der Waals surface area contributed by atoms with Crippen molar-refractivity contribution < 1.29 is 4.79 Å². The van der Waals surface area contributed by atoms with Gasteiger partial charge in [0, 0.05) is 13.6 Å². The average Bonchev–Trinajstić information content (AvgIpc) is 2.04. The van der Waals surface area contributed by atoms with Crippen LogP contribution in [0.15, 0.2) is 12.7 Å². The van der Waals surface area contributed by atoms with Gasteiger partial charge in [-0.3, -0.25) is 4.79 Å². The Labute approximate surface area is 68.9 Å². The summed E-state index contributed by atoms with van der Waals surface area (Å²) in [5.74, 6) is 0. The second kappa shape index (κ2) is 7.32. The summed E-state index contributed by atoms with van der Waals surface area (Å²) in [6.07, 6.45) is 7.37. The lowest BCUT2D eigenvalue weighted by molar-refractivity contribution is -0.117. The van der Waals surface area contributed by atoms with Crippen molar-refractivity contribution in [2.75, 3.05) is 13.6 Å². The van der Waals surface area contributed by atoms with Crippen LogP contribution in [-0.2, 0) is 4.79 Å². The molecular weight excluding hydrogens is 138 g/mol. The van der Waals surface area contributed by atoms with Gasteiger partial charge < -0.3 is 4.90 Å². The first-order valence-corrected chi connectivity index (χ1v) is 4.07. The first-order valence-electron chi connectivity index (χ1n) is 4.07. The highest BCUT2D eigenvalue weighted by molar-refractivity contribution is 5.46. The van der Waals surface area contributed by atoms with Crippen LogP contribution in [0.25, 0.3) is 0 Å². The lowest BCUT2D eigenvalue weighted by Crippen LogP contribution is -2.16. The van der Waals surface area contributed by atoms with Crippen LogP contribution in [-0.4, -0.2) is 24.9 Å². The van der Waals surface area contributed by atoms with E-state index in [1.54, 1.807) is 11.9 Å². The van der Waals surface area contributed by atoms with Gasteiger partial charge in [-0.25, -0.2) is 0 Å². The summed E-state index contributed by atoms with van der Waals surface area (Å²) in [4.78, 5) is 11.8. The predicted molar refractivity (Wildman–Crippen MR) is 47.4 cm³/mol. The largest absolute Gasteiger partial charge is 0.348 e. The van der Waals surface area contributed by atoms with Gasteiger partial charge in [-0.2, -0.15) is 0 Å². The number of rotatable bonds is 7. The molecule has 0 atom stereocenters. The molecule has 0 saturated heterocycles. The first-order chi connectivity index (χ1) is 5.31. The van der Waals surface area contributed by atoms with Crippen LogP contribution in [0, 0.1) is 0 Å². The van der Waals surface area contributed by atoms with Gasteiger partial charge in [-0.15, -0.1) is 6.58 Å². The van der Waals surface area contributed by atoms with Crippen molar-refractivity contribution in [2.45, 2.75) is 25.7 Å². The summed E-state index contributed by atoms with van der Waals surface area (Å²) in [7, 11) is 1.81. The number of hydrogen-bond donors (Lipinski definition) is 0. The van der Waals surface area contributed by atoms with Gasteiger partial charge in [0.05, 0.1) is 0 Å². The number of hydrogen-bond acceptors (Lipinski definition) is 1. The minimum Gasteiger partial charge on any atom is -0.348 e. The fourth-order valence-electron chi connectivity index (χ4n) is 0.879. The van der Waals surface area contributed by atoms with Gasteiger partial charge in [0.2, 0.25) is 6.41 Å². The molecule has 0 rings (SSSR count). The Balaban J connectivity index is 3.01. The highest BCUT2D eigenvalue weighted by Gasteiger charge is 1.91. The van der Waals surface area contributed by atoms with Gasteiger partial charge >= 0.3 is 0 Å². The molecule has 0 heterocycles. The maximum atomic E-state index is 10.1. The molecule has 0 bridgehead atoms. The third-order valence-corrected chi connectivity index (χ3v) is 1.60. The fraction of sp³-hybridized carbons (Fsp3) is 0.667. The van der Waals surface area contributed by atoms with Crippen molar-refractivity contribution in [3.05, 3.63) is 12.7 Å². The minimum absolute atomic E-state index is 0.869. The van der Waals surface area contributed by atoms with E-state index in [0.29, 0.717) is 0 Å². The van der Waals surface area contributed by atoms with Gasteiger partial charge in [0.15, 0.2) is 0 Å². The van der Waals surface area contributed by atoms with E-state index >= 15 is 0 Å². The topological polar surface area (TPSA) is 20.3 Å².